The van der Waals surface area contributed by atoms with E-state index in [1.165, 1.54) is 0 Å². The third-order valence-electron chi connectivity index (χ3n) is 5.02. The van der Waals surface area contributed by atoms with Gasteiger partial charge in [0.05, 0.1) is 18.0 Å². The number of hydrogen-bond donors (Lipinski definition) is 3. The molecule has 27 heavy (non-hydrogen) atoms. The van der Waals surface area contributed by atoms with Gasteiger partial charge in [0.1, 0.15) is 0 Å². The van der Waals surface area contributed by atoms with Crippen LogP contribution >= 0.6 is 11.6 Å². The Morgan fingerprint density at radius 1 is 1.07 bits per heavy atom. The summed E-state index contributed by atoms with van der Waals surface area (Å²) in [5, 5.41) is 15.5. The molecule has 1 unspecified atom stereocenters. The van der Waals surface area contributed by atoms with Gasteiger partial charge in [0.15, 0.2) is 0 Å². The van der Waals surface area contributed by atoms with E-state index >= 15 is 0 Å². The van der Waals surface area contributed by atoms with Gasteiger partial charge < -0.3 is 15.7 Å². The van der Waals surface area contributed by atoms with Crippen LogP contribution in [0.2, 0.25) is 5.02 Å². The lowest BCUT2D eigenvalue weighted by Crippen LogP contribution is -2.46. The molecular weight excluding hydrogens is 364 g/mol. The number of halogens is 1. The van der Waals surface area contributed by atoms with Gasteiger partial charge in [0.25, 0.3) is 0 Å². The smallest absolute Gasteiger partial charge is 0.405 e. The van der Waals surface area contributed by atoms with E-state index in [1.807, 2.05) is 50.2 Å². The lowest BCUT2D eigenvalue weighted by atomic mass is 9.87. The Bertz CT molecular complexity index is 836. The molecule has 1 aliphatic carbocycles. The van der Waals surface area contributed by atoms with Crippen LogP contribution in [0.15, 0.2) is 48.5 Å². The molecule has 0 aromatic heterocycles. The van der Waals surface area contributed by atoms with Crippen LogP contribution in [0.3, 0.4) is 0 Å². The fraction of sp³-hybridized carbons (Fsp3) is 0.333. The van der Waals surface area contributed by atoms with E-state index in [0.29, 0.717) is 11.4 Å². The van der Waals surface area contributed by atoms with E-state index < -0.39 is 12.1 Å². The van der Waals surface area contributed by atoms with Crippen LogP contribution < -0.4 is 10.6 Å². The second-order valence-electron chi connectivity index (χ2n) is 7.22. The molecule has 3 atom stereocenters. The second-order valence-corrected chi connectivity index (χ2v) is 7.65. The molecule has 1 aliphatic rings. The molecule has 2 aromatic carbocycles. The van der Waals surface area contributed by atoms with Gasteiger partial charge in [-0.15, -0.1) is 0 Å². The number of benzene rings is 2. The Labute approximate surface area is 163 Å². The van der Waals surface area contributed by atoms with E-state index in [2.05, 4.69) is 10.6 Å². The summed E-state index contributed by atoms with van der Waals surface area (Å²) >= 11 is 5.97. The van der Waals surface area contributed by atoms with Gasteiger partial charge in [-0.1, -0.05) is 61.8 Å². The fourth-order valence-corrected chi connectivity index (χ4v) is 3.95. The quantitative estimate of drug-likeness (QED) is 0.722. The van der Waals surface area contributed by atoms with Crippen molar-refractivity contribution in [1.29, 1.82) is 0 Å². The number of amides is 2. The largest absolute Gasteiger partial charge is 0.465 e. The lowest BCUT2D eigenvalue weighted by Gasteiger charge is -2.26. The van der Waals surface area contributed by atoms with Crippen molar-refractivity contribution in [1.82, 2.24) is 10.6 Å². The monoisotopic (exact) mass is 386 g/mol. The highest BCUT2D eigenvalue weighted by molar-refractivity contribution is 6.30. The summed E-state index contributed by atoms with van der Waals surface area (Å²) < 4.78 is 0. The normalized spacial score (nSPS) is 19.4. The number of rotatable bonds is 5. The van der Waals surface area contributed by atoms with Gasteiger partial charge in [-0.2, -0.15) is 0 Å². The standard InChI is InChI=1S/C21H23ClN2O3/c1-12(2)18(13-7-9-15(22)10-8-13)20(25)23-17-11-14-5-3-4-6-16(14)19(17)24-21(26)27/h3-10,12,17-19,24H,11H2,1-2H3,(H,23,25)(H,26,27)/t17-,18?,19-/m0/s1. The summed E-state index contributed by atoms with van der Waals surface area (Å²) in [6.07, 6.45) is -0.507. The van der Waals surface area contributed by atoms with Crippen LogP contribution in [0.4, 0.5) is 4.79 Å². The second kappa shape index (κ2) is 8.01. The lowest BCUT2D eigenvalue weighted by molar-refractivity contribution is -0.124. The van der Waals surface area contributed by atoms with Gasteiger partial charge >= 0.3 is 6.09 Å². The molecule has 2 amide bonds. The van der Waals surface area contributed by atoms with E-state index in [4.69, 9.17) is 11.6 Å². The predicted octanol–water partition coefficient (Wildman–Crippen LogP) is 4.13. The average Bonchev–Trinajstić information content (AvgIpc) is 2.93. The number of carbonyl (C=O) groups is 2. The molecule has 5 nitrogen and oxygen atoms in total. The zero-order valence-corrected chi connectivity index (χ0v) is 16.0. The minimum atomic E-state index is -1.10. The van der Waals surface area contributed by atoms with E-state index in [0.717, 1.165) is 16.7 Å². The molecule has 0 fully saturated rings. The van der Waals surface area contributed by atoms with Crippen molar-refractivity contribution in [2.75, 3.05) is 0 Å². The van der Waals surface area contributed by atoms with Crippen LogP contribution in [0.1, 0.15) is 42.5 Å². The maximum Gasteiger partial charge on any atom is 0.405 e. The fourth-order valence-electron chi connectivity index (χ4n) is 3.82. The highest BCUT2D eigenvalue weighted by Crippen LogP contribution is 2.33. The first-order valence-electron chi connectivity index (χ1n) is 9.00. The zero-order valence-electron chi connectivity index (χ0n) is 15.3. The number of fused-ring (bicyclic) bond motifs is 1. The first-order valence-corrected chi connectivity index (χ1v) is 9.37. The Balaban J connectivity index is 1.82. The van der Waals surface area contributed by atoms with Gasteiger partial charge in [-0.05, 0) is 41.2 Å². The topological polar surface area (TPSA) is 78.4 Å². The van der Waals surface area contributed by atoms with Crippen molar-refractivity contribution in [2.45, 2.75) is 38.3 Å². The first-order chi connectivity index (χ1) is 12.9. The van der Waals surface area contributed by atoms with Gasteiger partial charge in [-0.3, -0.25) is 4.79 Å². The molecule has 0 heterocycles. The first kappa shape index (κ1) is 19.2. The maximum atomic E-state index is 13.1. The highest BCUT2D eigenvalue weighted by Gasteiger charge is 2.36. The van der Waals surface area contributed by atoms with Crippen molar-refractivity contribution in [3.63, 3.8) is 0 Å². The van der Waals surface area contributed by atoms with Gasteiger partial charge in [-0.25, -0.2) is 4.79 Å². The molecule has 6 heteroatoms. The molecule has 0 aliphatic heterocycles. The SMILES string of the molecule is CC(C)C(C(=O)N[C@H]1Cc2ccccc2[C@@H]1NC(=O)O)c1ccc(Cl)cc1. The Morgan fingerprint density at radius 3 is 2.37 bits per heavy atom. The van der Waals surface area contributed by atoms with E-state index in [-0.39, 0.29) is 23.8 Å². The number of carbonyl (C=O) groups excluding carboxylic acids is 1. The summed E-state index contributed by atoms with van der Waals surface area (Å²) in [7, 11) is 0. The molecule has 0 spiro atoms. The number of hydrogen-bond acceptors (Lipinski definition) is 2. The highest BCUT2D eigenvalue weighted by atomic mass is 35.5. The Kier molecular flexibility index (Phi) is 5.71. The van der Waals surface area contributed by atoms with Crippen molar-refractivity contribution in [3.8, 4) is 0 Å². The summed E-state index contributed by atoms with van der Waals surface area (Å²) in [6, 6.07) is 14.2. The average molecular weight is 387 g/mol. The molecule has 0 saturated heterocycles. The Morgan fingerprint density at radius 2 is 1.74 bits per heavy atom. The molecule has 0 bridgehead atoms. The molecule has 2 aromatic rings. The van der Waals surface area contributed by atoms with Gasteiger partial charge in [0.2, 0.25) is 5.91 Å². The van der Waals surface area contributed by atoms with Crippen LogP contribution in [-0.4, -0.2) is 23.1 Å². The molecule has 142 valence electrons. The summed E-state index contributed by atoms with van der Waals surface area (Å²) in [6.45, 7) is 3.99. The molecule has 0 radical (unpaired) electrons. The third-order valence-corrected chi connectivity index (χ3v) is 5.27. The van der Waals surface area contributed by atoms with Crippen LogP contribution in [-0.2, 0) is 11.2 Å². The van der Waals surface area contributed by atoms with Crippen molar-refractivity contribution >= 4 is 23.6 Å². The van der Waals surface area contributed by atoms with Crippen molar-refractivity contribution in [3.05, 3.63) is 70.2 Å². The minimum Gasteiger partial charge on any atom is -0.465 e. The summed E-state index contributed by atoms with van der Waals surface area (Å²) in [4.78, 5) is 24.3. The minimum absolute atomic E-state index is 0.0841. The molecule has 3 rings (SSSR count). The van der Waals surface area contributed by atoms with E-state index in [9.17, 15) is 14.7 Å². The van der Waals surface area contributed by atoms with Crippen LogP contribution in [0, 0.1) is 5.92 Å². The molecule has 0 saturated carbocycles. The van der Waals surface area contributed by atoms with Crippen molar-refractivity contribution in [2.24, 2.45) is 5.92 Å². The number of carboxylic acid groups (broad SMARTS) is 1. The summed E-state index contributed by atoms with van der Waals surface area (Å²) in [5.74, 6) is -0.361. The Hall–Kier alpha value is -2.53. The van der Waals surface area contributed by atoms with E-state index in [1.54, 1.807) is 12.1 Å². The van der Waals surface area contributed by atoms with Crippen molar-refractivity contribution < 1.29 is 14.7 Å². The molecule has 3 N–H and O–H groups in total. The number of nitrogens with one attached hydrogen (secondary N) is 2. The van der Waals surface area contributed by atoms with Crippen LogP contribution in [0.5, 0.6) is 0 Å². The zero-order chi connectivity index (χ0) is 19.6. The van der Waals surface area contributed by atoms with Crippen LogP contribution in [0.25, 0.3) is 0 Å². The maximum absolute atomic E-state index is 13.1. The molecular formula is C21H23ClN2O3. The summed E-state index contributed by atoms with van der Waals surface area (Å²) in [5.41, 5.74) is 2.86. The predicted molar refractivity (Wildman–Crippen MR) is 105 cm³/mol. The van der Waals surface area contributed by atoms with Gasteiger partial charge in [0, 0.05) is 5.02 Å². The third kappa shape index (κ3) is 4.25.